The Morgan fingerprint density at radius 2 is 2.19 bits per heavy atom. The maximum absolute atomic E-state index is 5.90. The number of ether oxygens (including phenoxy) is 1. The summed E-state index contributed by atoms with van der Waals surface area (Å²) in [5.74, 6) is 4.85. The highest BCUT2D eigenvalue weighted by Gasteiger charge is 2.39. The molecule has 0 saturated heterocycles. The van der Waals surface area contributed by atoms with Crippen LogP contribution in [-0.4, -0.2) is 30.2 Å². The zero-order valence-corrected chi connectivity index (χ0v) is 13.1. The minimum absolute atomic E-state index is 0.427. The lowest BCUT2D eigenvalue weighted by Crippen LogP contribution is -2.29. The third-order valence-corrected chi connectivity index (χ3v) is 5.00. The Hall–Kier alpha value is -1.36. The monoisotopic (exact) mass is 290 g/mol. The van der Waals surface area contributed by atoms with Gasteiger partial charge in [0, 0.05) is 26.3 Å². The van der Waals surface area contributed by atoms with Crippen LogP contribution in [0.15, 0.2) is 6.07 Å². The van der Waals surface area contributed by atoms with Gasteiger partial charge in [-0.1, -0.05) is 6.42 Å². The van der Waals surface area contributed by atoms with Gasteiger partial charge >= 0.3 is 0 Å². The Morgan fingerprint density at radius 3 is 2.86 bits per heavy atom. The van der Waals surface area contributed by atoms with Crippen molar-refractivity contribution < 1.29 is 4.74 Å². The molecule has 2 N–H and O–H groups in total. The fourth-order valence-electron chi connectivity index (χ4n) is 4.00. The van der Waals surface area contributed by atoms with E-state index in [0.29, 0.717) is 24.9 Å². The highest BCUT2D eigenvalue weighted by Crippen LogP contribution is 2.48. The summed E-state index contributed by atoms with van der Waals surface area (Å²) in [5.41, 5.74) is 5.90. The van der Waals surface area contributed by atoms with Gasteiger partial charge in [-0.3, -0.25) is 0 Å². The van der Waals surface area contributed by atoms with Gasteiger partial charge in [0.25, 0.3) is 0 Å². The van der Waals surface area contributed by atoms with E-state index in [1.807, 2.05) is 13.0 Å². The second kappa shape index (κ2) is 6.18. The van der Waals surface area contributed by atoms with Crippen LogP contribution in [0.3, 0.4) is 0 Å². The Kier molecular flexibility index (Phi) is 4.29. The molecule has 1 aromatic rings. The van der Waals surface area contributed by atoms with E-state index in [-0.39, 0.29) is 0 Å². The maximum atomic E-state index is 5.90. The van der Waals surface area contributed by atoms with Crippen molar-refractivity contribution in [1.29, 1.82) is 0 Å². The fraction of sp³-hybridized carbons (Fsp3) is 0.750. The Labute approximate surface area is 126 Å². The lowest BCUT2D eigenvalue weighted by molar-refractivity contribution is 0.128. The van der Waals surface area contributed by atoms with Crippen LogP contribution in [0.25, 0.3) is 0 Å². The summed E-state index contributed by atoms with van der Waals surface area (Å²) in [5, 5.41) is 0. The summed E-state index contributed by atoms with van der Waals surface area (Å²) in [7, 11) is 2.11. The fourth-order valence-corrected chi connectivity index (χ4v) is 4.00. The van der Waals surface area contributed by atoms with Crippen LogP contribution in [0.4, 0.5) is 11.6 Å². The van der Waals surface area contributed by atoms with Crippen LogP contribution in [0.2, 0.25) is 0 Å². The smallest absolute Gasteiger partial charge is 0.158 e. The van der Waals surface area contributed by atoms with Crippen molar-refractivity contribution in [2.45, 2.75) is 39.2 Å². The first kappa shape index (κ1) is 14.6. The van der Waals surface area contributed by atoms with Crippen molar-refractivity contribution in [1.82, 2.24) is 9.97 Å². The molecule has 2 aliphatic rings. The SMILES string of the molecule is CCOCc1nc(N)cc(N(C)CC2CC3CCC2C3)n1. The third-order valence-electron chi connectivity index (χ3n) is 5.00. The van der Waals surface area contributed by atoms with Crippen molar-refractivity contribution in [3.8, 4) is 0 Å². The van der Waals surface area contributed by atoms with E-state index in [4.69, 9.17) is 10.5 Å². The molecule has 116 valence electrons. The second-order valence-electron chi connectivity index (χ2n) is 6.52. The van der Waals surface area contributed by atoms with Crippen LogP contribution >= 0.6 is 0 Å². The minimum Gasteiger partial charge on any atom is -0.384 e. The molecular weight excluding hydrogens is 264 g/mol. The van der Waals surface area contributed by atoms with Crippen LogP contribution in [0.5, 0.6) is 0 Å². The number of fused-ring (bicyclic) bond motifs is 2. The van der Waals surface area contributed by atoms with E-state index >= 15 is 0 Å². The lowest BCUT2D eigenvalue weighted by atomic mass is 9.88. The van der Waals surface area contributed by atoms with E-state index < -0.39 is 0 Å². The second-order valence-corrected chi connectivity index (χ2v) is 6.52. The standard InChI is InChI=1S/C16H26N4O/c1-3-21-10-15-18-14(17)8-16(19-15)20(2)9-13-7-11-4-5-12(13)6-11/h8,11-13H,3-7,9-10H2,1-2H3,(H2,17,18,19). The normalized spacial score (nSPS) is 27.2. The van der Waals surface area contributed by atoms with Crippen molar-refractivity contribution in [2.24, 2.45) is 17.8 Å². The molecule has 3 atom stereocenters. The van der Waals surface area contributed by atoms with Crippen molar-refractivity contribution in [3.05, 3.63) is 11.9 Å². The molecule has 3 unspecified atom stereocenters. The maximum Gasteiger partial charge on any atom is 0.158 e. The molecule has 0 spiro atoms. The molecule has 5 heteroatoms. The molecular formula is C16H26N4O. The summed E-state index contributed by atoms with van der Waals surface area (Å²) in [6.07, 6.45) is 5.70. The molecule has 2 fully saturated rings. The summed E-state index contributed by atoms with van der Waals surface area (Å²) in [6, 6.07) is 1.86. The quantitative estimate of drug-likeness (QED) is 0.872. The Balaban J connectivity index is 1.66. The number of hydrogen-bond acceptors (Lipinski definition) is 5. The molecule has 2 bridgehead atoms. The highest BCUT2D eigenvalue weighted by atomic mass is 16.5. The van der Waals surface area contributed by atoms with Crippen molar-refractivity contribution in [3.63, 3.8) is 0 Å². The molecule has 1 heterocycles. The first-order valence-corrected chi connectivity index (χ1v) is 8.08. The third kappa shape index (κ3) is 3.28. The van der Waals surface area contributed by atoms with Crippen molar-refractivity contribution >= 4 is 11.6 Å². The first-order valence-electron chi connectivity index (χ1n) is 8.08. The summed E-state index contributed by atoms with van der Waals surface area (Å²) in [6.45, 7) is 4.13. The van der Waals surface area contributed by atoms with Gasteiger partial charge in [-0.05, 0) is 43.9 Å². The largest absolute Gasteiger partial charge is 0.384 e. The topological polar surface area (TPSA) is 64.3 Å². The van der Waals surface area contributed by atoms with Crippen molar-refractivity contribution in [2.75, 3.05) is 30.8 Å². The van der Waals surface area contributed by atoms with Gasteiger partial charge in [-0.15, -0.1) is 0 Å². The van der Waals surface area contributed by atoms with Gasteiger partial charge in [0.05, 0.1) is 0 Å². The lowest BCUT2D eigenvalue weighted by Gasteiger charge is -2.28. The number of rotatable bonds is 6. The molecule has 21 heavy (non-hydrogen) atoms. The van der Waals surface area contributed by atoms with E-state index in [9.17, 15) is 0 Å². The van der Waals surface area contributed by atoms with Gasteiger partial charge in [0.2, 0.25) is 0 Å². The van der Waals surface area contributed by atoms with E-state index in [2.05, 4.69) is 21.9 Å². The molecule has 0 aliphatic heterocycles. The molecule has 3 rings (SSSR count). The highest BCUT2D eigenvalue weighted by molar-refractivity contribution is 5.46. The molecule has 0 aromatic carbocycles. The predicted octanol–water partition coefficient (Wildman–Crippen LogP) is 2.47. The molecule has 1 aromatic heterocycles. The minimum atomic E-state index is 0.427. The predicted molar refractivity (Wildman–Crippen MR) is 84.0 cm³/mol. The van der Waals surface area contributed by atoms with Gasteiger partial charge in [0.15, 0.2) is 5.82 Å². The van der Waals surface area contributed by atoms with Crippen LogP contribution in [0.1, 0.15) is 38.4 Å². The van der Waals surface area contributed by atoms with Gasteiger partial charge < -0.3 is 15.4 Å². The molecule has 0 radical (unpaired) electrons. The van der Waals surface area contributed by atoms with Crippen LogP contribution < -0.4 is 10.6 Å². The zero-order chi connectivity index (χ0) is 14.8. The number of nitrogens with zero attached hydrogens (tertiary/aromatic N) is 3. The Bertz CT molecular complexity index is 493. The summed E-state index contributed by atoms with van der Waals surface area (Å²) < 4.78 is 5.38. The van der Waals surface area contributed by atoms with Gasteiger partial charge in [0.1, 0.15) is 18.2 Å². The number of nitrogens with two attached hydrogens (primary N) is 1. The summed E-state index contributed by atoms with van der Waals surface area (Å²) in [4.78, 5) is 11.1. The average molecular weight is 290 g/mol. The number of hydrogen-bond donors (Lipinski definition) is 1. The molecule has 2 saturated carbocycles. The van der Waals surface area contributed by atoms with E-state index in [1.165, 1.54) is 25.7 Å². The van der Waals surface area contributed by atoms with Crippen LogP contribution in [0, 0.1) is 17.8 Å². The number of anilines is 2. The summed E-state index contributed by atoms with van der Waals surface area (Å²) >= 11 is 0. The zero-order valence-electron chi connectivity index (χ0n) is 13.1. The number of aromatic nitrogens is 2. The molecule has 5 nitrogen and oxygen atoms in total. The van der Waals surface area contributed by atoms with Gasteiger partial charge in [-0.25, -0.2) is 9.97 Å². The van der Waals surface area contributed by atoms with Gasteiger partial charge in [-0.2, -0.15) is 0 Å². The molecule has 2 aliphatic carbocycles. The average Bonchev–Trinajstić information content (AvgIpc) is 3.07. The van der Waals surface area contributed by atoms with Crippen LogP contribution in [-0.2, 0) is 11.3 Å². The van der Waals surface area contributed by atoms with E-state index in [1.54, 1.807) is 0 Å². The number of nitrogen functional groups attached to an aromatic ring is 1. The Morgan fingerprint density at radius 1 is 1.33 bits per heavy atom. The molecule has 0 amide bonds. The first-order chi connectivity index (χ1) is 10.2. The van der Waals surface area contributed by atoms with E-state index in [0.717, 1.165) is 30.1 Å².